The molecule has 0 radical (unpaired) electrons. The second-order valence-electron chi connectivity index (χ2n) is 9.18. The summed E-state index contributed by atoms with van der Waals surface area (Å²) in [6.45, 7) is 6.54. The Morgan fingerprint density at radius 1 is 1.00 bits per heavy atom. The fourth-order valence-corrected chi connectivity index (χ4v) is 4.41. The largest absolute Gasteiger partial charge is 0.507 e. The molecule has 3 aromatic rings. The SMILES string of the molecule is CC1=C(Cc2c(O)cc3oc(-c4ccc(O)c(O)c4)cc(=O)c3c2O)CCC(C)(C)C1. The number of hydrogen-bond donors (Lipinski definition) is 4. The average Bonchev–Trinajstić information content (AvgIpc) is 2.67. The van der Waals surface area contributed by atoms with E-state index in [1.807, 2.05) is 0 Å². The van der Waals surface area contributed by atoms with Crippen LogP contribution >= 0.6 is 0 Å². The van der Waals surface area contributed by atoms with Gasteiger partial charge in [0.2, 0.25) is 0 Å². The van der Waals surface area contributed by atoms with E-state index in [4.69, 9.17) is 4.42 Å². The Kier molecular flexibility index (Phi) is 4.96. The Bertz CT molecular complexity index is 1280. The lowest BCUT2D eigenvalue weighted by atomic mass is 9.73. The van der Waals surface area contributed by atoms with Gasteiger partial charge in [0.15, 0.2) is 16.9 Å². The van der Waals surface area contributed by atoms with Crippen LogP contribution in [0.1, 0.15) is 45.6 Å². The first kappa shape index (κ1) is 20.8. The second-order valence-corrected chi connectivity index (χ2v) is 9.18. The Labute approximate surface area is 179 Å². The van der Waals surface area contributed by atoms with Gasteiger partial charge in [-0.05, 0) is 49.8 Å². The molecule has 0 amide bonds. The van der Waals surface area contributed by atoms with Crippen LogP contribution < -0.4 is 5.43 Å². The molecular formula is C25H26O6. The normalized spacial score (nSPS) is 16.1. The summed E-state index contributed by atoms with van der Waals surface area (Å²) in [6, 6.07) is 6.62. The molecule has 1 aromatic heterocycles. The van der Waals surface area contributed by atoms with Crippen LogP contribution in [-0.4, -0.2) is 20.4 Å². The highest BCUT2D eigenvalue weighted by atomic mass is 16.3. The first-order valence-electron chi connectivity index (χ1n) is 10.3. The van der Waals surface area contributed by atoms with E-state index >= 15 is 0 Å². The lowest BCUT2D eigenvalue weighted by Gasteiger charge is -2.32. The van der Waals surface area contributed by atoms with Crippen LogP contribution in [0.25, 0.3) is 22.3 Å². The van der Waals surface area contributed by atoms with Crippen molar-refractivity contribution >= 4 is 11.0 Å². The molecule has 4 N–H and O–H groups in total. The summed E-state index contributed by atoms with van der Waals surface area (Å²) in [4.78, 5) is 12.8. The van der Waals surface area contributed by atoms with Crippen LogP contribution in [-0.2, 0) is 6.42 Å². The third-order valence-corrected chi connectivity index (χ3v) is 6.18. The van der Waals surface area contributed by atoms with Crippen molar-refractivity contribution in [1.29, 1.82) is 0 Å². The minimum atomic E-state index is -0.460. The standard InChI is InChI=1S/C25H26O6/c1-13-12-25(2,3)7-6-14(13)8-16-18(27)10-22-23(24(16)30)20(29)11-21(31-22)15-4-5-17(26)19(28)9-15/h4-5,9-11,26-28,30H,6-8,12H2,1-3H3. The van der Waals surface area contributed by atoms with Gasteiger partial charge in [-0.2, -0.15) is 0 Å². The van der Waals surface area contributed by atoms with Gasteiger partial charge in [0.1, 0.15) is 28.2 Å². The summed E-state index contributed by atoms with van der Waals surface area (Å²) in [5.41, 5.74) is 2.95. The minimum Gasteiger partial charge on any atom is -0.507 e. The summed E-state index contributed by atoms with van der Waals surface area (Å²) < 4.78 is 5.75. The summed E-state index contributed by atoms with van der Waals surface area (Å²) in [7, 11) is 0. The van der Waals surface area contributed by atoms with Crippen LogP contribution in [0.15, 0.2) is 50.7 Å². The van der Waals surface area contributed by atoms with Gasteiger partial charge in [0.05, 0.1) is 0 Å². The molecule has 162 valence electrons. The fourth-order valence-electron chi connectivity index (χ4n) is 4.41. The van der Waals surface area contributed by atoms with Gasteiger partial charge in [-0.15, -0.1) is 0 Å². The molecule has 0 spiro atoms. The van der Waals surface area contributed by atoms with Gasteiger partial charge in [0.25, 0.3) is 0 Å². The maximum atomic E-state index is 12.8. The van der Waals surface area contributed by atoms with Crippen molar-refractivity contribution in [3.05, 3.63) is 57.3 Å². The number of fused-ring (bicyclic) bond motifs is 1. The van der Waals surface area contributed by atoms with Crippen molar-refractivity contribution < 1.29 is 24.8 Å². The molecule has 0 saturated carbocycles. The van der Waals surface area contributed by atoms with Gasteiger partial charge < -0.3 is 24.8 Å². The van der Waals surface area contributed by atoms with Crippen molar-refractivity contribution in [2.24, 2.45) is 5.41 Å². The van der Waals surface area contributed by atoms with Crippen LogP contribution in [0.3, 0.4) is 0 Å². The Balaban J connectivity index is 1.80. The molecule has 6 heteroatoms. The Morgan fingerprint density at radius 2 is 1.74 bits per heavy atom. The average molecular weight is 422 g/mol. The number of hydrogen-bond acceptors (Lipinski definition) is 6. The van der Waals surface area contributed by atoms with E-state index in [2.05, 4.69) is 20.8 Å². The van der Waals surface area contributed by atoms with Crippen molar-refractivity contribution in [2.45, 2.75) is 46.5 Å². The summed E-state index contributed by atoms with van der Waals surface area (Å²) in [5.74, 6) is -0.895. The van der Waals surface area contributed by atoms with Gasteiger partial charge in [0, 0.05) is 29.7 Å². The monoisotopic (exact) mass is 422 g/mol. The van der Waals surface area contributed by atoms with Crippen LogP contribution in [0.2, 0.25) is 0 Å². The summed E-state index contributed by atoms with van der Waals surface area (Å²) >= 11 is 0. The fraction of sp³-hybridized carbons (Fsp3) is 0.320. The van der Waals surface area contributed by atoms with Crippen molar-refractivity contribution in [3.8, 4) is 34.3 Å². The van der Waals surface area contributed by atoms with Crippen LogP contribution in [0.4, 0.5) is 0 Å². The molecule has 6 nitrogen and oxygen atoms in total. The number of benzene rings is 2. The molecule has 2 aromatic carbocycles. The van der Waals surface area contributed by atoms with E-state index in [1.165, 1.54) is 41.5 Å². The molecule has 31 heavy (non-hydrogen) atoms. The quantitative estimate of drug-likeness (QED) is 0.334. The zero-order chi connectivity index (χ0) is 22.5. The predicted molar refractivity (Wildman–Crippen MR) is 119 cm³/mol. The van der Waals surface area contributed by atoms with Gasteiger partial charge in [-0.1, -0.05) is 25.0 Å². The van der Waals surface area contributed by atoms with E-state index in [-0.39, 0.29) is 45.1 Å². The van der Waals surface area contributed by atoms with Crippen molar-refractivity contribution in [3.63, 3.8) is 0 Å². The Morgan fingerprint density at radius 3 is 2.42 bits per heavy atom. The Hall–Kier alpha value is -3.41. The van der Waals surface area contributed by atoms with E-state index in [0.717, 1.165) is 19.3 Å². The molecule has 1 aliphatic rings. The van der Waals surface area contributed by atoms with Gasteiger partial charge in [-0.3, -0.25) is 4.79 Å². The number of rotatable bonds is 3. The van der Waals surface area contributed by atoms with E-state index in [9.17, 15) is 25.2 Å². The molecule has 0 unspecified atom stereocenters. The number of phenols is 4. The number of allylic oxidation sites excluding steroid dienone is 2. The highest BCUT2D eigenvalue weighted by molar-refractivity contribution is 5.88. The van der Waals surface area contributed by atoms with E-state index < -0.39 is 5.43 Å². The molecule has 0 aliphatic heterocycles. The van der Waals surface area contributed by atoms with Crippen molar-refractivity contribution in [1.82, 2.24) is 0 Å². The molecular weight excluding hydrogens is 396 g/mol. The highest BCUT2D eigenvalue weighted by Crippen LogP contribution is 2.43. The summed E-state index contributed by atoms with van der Waals surface area (Å²) in [6.07, 6.45) is 3.25. The molecule has 1 aliphatic carbocycles. The van der Waals surface area contributed by atoms with Gasteiger partial charge >= 0.3 is 0 Å². The topological polar surface area (TPSA) is 111 Å². The molecule has 1 heterocycles. The molecule has 0 bridgehead atoms. The van der Waals surface area contributed by atoms with Gasteiger partial charge in [-0.25, -0.2) is 0 Å². The molecule has 0 saturated heterocycles. The maximum Gasteiger partial charge on any atom is 0.197 e. The molecule has 0 atom stereocenters. The van der Waals surface area contributed by atoms with Crippen LogP contribution in [0.5, 0.6) is 23.0 Å². The lowest BCUT2D eigenvalue weighted by molar-refractivity contribution is 0.311. The number of aromatic hydroxyl groups is 4. The first-order valence-corrected chi connectivity index (χ1v) is 10.3. The molecule has 0 fully saturated rings. The summed E-state index contributed by atoms with van der Waals surface area (Å²) in [5, 5.41) is 40.7. The first-order chi connectivity index (χ1) is 14.6. The smallest absolute Gasteiger partial charge is 0.197 e. The second kappa shape index (κ2) is 7.38. The zero-order valence-electron chi connectivity index (χ0n) is 17.8. The number of phenolic OH excluding ortho intramolecular Hbond substituents is 4. The van der Waals surface area contributed by atoms with E-state index in [0.29, 0.717) is 17.5 Å². The third-order valence-electron chi connectivity index (χ3n) is 6.18. The van der Waals surface area contributed by atoms with Crippen LogP contribution in [0, 0.1) is 5.41 Å². The third kappa shape index (κ3) is 3.85. The molecule has 4 rings (SSSR count). The zero-order valence-corrected chi connectivity index (χ0v) is 17.8. The predicted octanol–water partition coefficient (Wildman–Crippen LogP) is 5.35. The minimum absolute atomic E-state index is 0.00828. The highest BCUT2D eigenvalue weighted by Gasteiger charge is 2.27. The van der Waals surface area contributed by atoms with E-state index in [1.54, 1.807) is 0 Å². The van der Waals surface area contributed by atoms with Crippen molar-refractivity contribution in [2.75, 3.05) is 0 Å². The maximum absolute atomic E-state index is 12.8. The lowest BCUT2D eigenvalue weighted by Crippen LogP contribution is -2.18.